The lowest BCUT2D eigenvalue weighted by Crippen LogP contribution is -2.50. The number of likely N-dealkylation sites (N-methyl/N-ethyl adjacent to an activating group) is 1. The van der Waals surface area contributed by atoms with Gasteiger partial charge in [-0.2, -0.15) is 0 Å². The Balaban J connectivity index is 4.21. The molecule has 0 aliphatic rings. The molecule has 0 fully saturated rings. The number of carbonyl (C=O) groups excluding carboxylic acids is 2. The van der Waals surface area contributed by atoms with E-state index < -0.39 is 18.1 Å². The molecule has 0 aliphatic carbocycles. The van der Waals surface area contributed by atoms with Gasteiger partial charge in [0, 0.05) is 19.3 Å². The van der Waals surface area contributed by atoms with Gasteiger partial charge in [0.25, 0.3) is 0 Å². The minimum Gasteiger partial charge on any atom is -0.477 e. The maximum atomic E-state index is 12.8. The van der Waals surface area contributed by atoms with Crippen LogP contribution in [0.2, 0.25) is 0 Å². The quantitative estimate of drug-likeness (QED) is 0.0281. The first kappa shape index (κ1) is 59.8. The second kappa shape index (κ2) is 45.4. The molecule has 0 saturated carbocycles. The predicted molar refractivity (Wildman–Crippen MR) is 262 cm³/mol. The van der Waals surface area contributed by atoms with E-state index in [1.807, 2.05) is 21.1 Å². The number of unbranched alkanes of at least 4 members (excludes halogenated alkanes) is 31. The van der Waals surface area contributed by atoms with Crippen LogP contribution in [0.15, 0.2) is 24.3 Å². The molecule has 2 unspecified atom stereocenters. The van der Waals surface area contributed by atoms with Gasteiger partial charge in [0.1, 0.15) is 6.61 Å². The van der Waals surface area contributed by atoms with E-state index in [4.69, 9.17) is 14.2 Å². The number of allylic oxidation sites excluding steroid dienone is 4. The standard InChI is InChI=1S/C54H101NO7/c1-6-8-10-12-14-16-18-20-22-24-25-26-27-28-29-31-33-35-37-39-41-43-45-53(57)62-50(48-60-47-46-51(54(58)59)55(3,4)5)49-61-52(56)44-42-40-38-36-34-32-30-23-21-19-17-15-13-11-9-7-2/h23,30,32,34,50-51H,6-22,24-29,31,33,35-49H2,1-5H3/p+1/b30-23+,34-32+. The summed E-state index contributed by atoms with van der Waals surface area (Å²) in [6, 6.07) is -0.616. The summed E-state index contributed by atoms with van der Waals surface area (Å²) in [5.74, 6) is -1.48. The molecule has 0 aliphatic heterocycles. The molecule has 0 aromatic rings. The fourth-order valence-electron chi connectivity index (χ4n) is 8.03. The van der Waals surface area contributed by atoms with Crippen molar-refractivity contribution in [1.82, 2.24) is 0 Å². The number of carboxylic acids is 1. The summed E-state index contributed by atoms with van der Waals surface area (Å²) in [5.41, 5.74) is 0. The van der Waals surface area contributed by atoms with Gasteiger partial charge < -0.3 is 23.8 Å². The van der Waals surface area contributed by atoms with E-state index in [0.717, 1.165) is 51.4 Å². The van der Waals surface area contributed by atoms with Gasteiger partial charge in [-0.05, 0) is 38.5 Å². The lowest BCUT2D eigenvalue weighted by molar-refractivity contribution is -0.887. The molecule has 0 spiro atoms. The molecule has 0 aromatic heterocycles. The zero-order valence-electron chi connectivity index (χ0n) is 41.6. The molecule has 0 amide bonds. The van der Waals surface area contributed by atoms with Crippen molar-refractivity contribution in [2.75, 3.05) is 41.0 Å². The zero-order chi connectivity index (χ0) is 45.6. The van der Waals surface area contributed by atoms with Crippen LogP contribution in [0.3, 0.4) is 0 Å². The minimum atomic E-state index is -0.875. The van der Waals surface area contributed by atoms with E-state index in [-0.39, 0.29) is 36.2 Å². The fraction of sp³-hybridized carbons (Fsp3) is 0.870. The minimum absolute atomic E-state index is 0.0572. The van der Waals surface area contributed by atoms with Crippen molar-refractivity contribution in [3.63, 3.8) is 0 Å². The van der Waals surface area contributed by atoms with Crippen LogP contribution in [0.1, 0.15) is 251 Å². The molecule has 62 heavy (non-hydrogen) atoms. The molecular formula is C54H102NO7+. The number of ether oxygens (including phenoxy) is 3. The van der Waals surface area contributed by atoms with Gasteiger partial charge in [0.2, 0.25) is 0 Å². The molecule has 2 atom stereocenters. The van der Waals surface area contributed by atoms with Crippen molar-refractivity contribution in [2.45, 2.75) is 264 Å². The normalized spacial score (nSPS) is 13.0. The molecule has 0 rings (SSSR count). The molecule has 0 saturated heterocycles. The first-order valence-corrected chi connectivity index (χ1v) is 26.4. The van der Waals surface area contributed by atoms with Crippen LogP contribution in [-0.4, -0.2) is 80.6 Å². The lowest BCUT2D eigenvalue weighted by Gasteiger charge is -2.31. The molecule has 364 valence electrons. The average Bonchev–Trinajstić information content (AvgIpc) is 3.23. The Hall–Kier alpha value is -2.19. The van der Waals surface area contributed by atoms with Gasteiger partial charge in [-0.25, -0.2) is 4.79 Å². The van der Waals surface area contributed by atoms with Crippen LogP contribution in [-0.2, 0) is 28.6 Å². The molecule has 0 heterocycles. The highest BCUT2D eigenvalue weighted by atomic mass is 16.6. The van der Waals surface area contributed by atoms with Crippen molar-refractivity contribution in [2.24, 2.45) is 0 Å². The van der Waals surface area contributed by atoms with Crippen LogP contribution in [0, 0.1) is 0 Å². The van der Waals surface area contributed by atoms with Gasteiger partial charge in [0.15, 0.2) is 12.1 Å². The molecule has 0 radical (unpaired) electrons. The van der Waals surface area contributed by atoms with Crippen LogP contribution in [0.4, 0.5) is 0 Å². The fourth-order valence-corrected chi connectivity index (χ4v) is 8.03. The van der Waals surface area contributed by atoms with Crippen molar-refractivity contribution in [3.8, 4) is 0 Å². The summed E-state index contributed by atoms with van der Waals surface area (Å²) in [7, 11) is 5.54. The zero-order valence-corrected chi connectivity index (χ0v) is 41.6. The molecule has 0 aromatic carbocycles. The van der Waals surface area contributed by atoms with Crippen molar-refractivity contribution in [1.29, 1.82) is 0 Å². The SMILES string of the molecule is CCCCCCCCC/C=C/C=C/CCCCCC(=O)OCC(COCCC(C(=O)O)[N+](C)(C)C)OC(=O)CCCCCCCCCCCCCCCCCCCCCCCC. The summed E-state index contributed by atoms with van der Waals surface area (Å²) >= 11 is 0. The summed E-state index contributed by atoms with van der Waals surface area (Å²) < 4.78 is 17.3. The van der Waals surface area contributed by atoms with Gasteiger partial charge in [-0.1, -0.05) is 218 Å². The third-order valence-corrected chi connectivity index (χ3v) is 12.1. The first-order valence-electron chi connectivity index (χ1n) is 26.4. The largest absolute Gasteiger partial charge is 0.477 e. The van der Waals surface area contributed by atoms with E-state index in [0.29, 0.717) is 19.3 Å². The number of carboxylic acid groups (broad SMARTS) is 1. The molecule has 8 nitrogen and oxygen atoms in total. The third-order valence-electron chi connectivity index (χ3n) is 12.1. The predicted octanol–water partition coefficient (Wildman–Crippen LogP) is 15.2. The highest BCUT2D eigenvalue weighted by molar-refractivity contribution is 5.72. The summed E-state index contributed by atoms with van der Waals surface area (Å²) in [6.07, 6.45) is 52.3. The number of nitrogens with zero attached hydrogens (tertiary/aromatic N) is 1. The Labute approximate surface area is 383 Å². The van der Waals surface area contributed by atoms with Crippen LogP contribution in [0.5, 0.6) is 0 Å². The number of aliphatic carboxylic acids is 1. The number of hydrogen-bond acceptors (Lipinski definition) is 6. The van der Waals surface area contributed by atoms with Gasteiger partial charge in [-0.3, -0.25) is 9.59 Å². The van der Waals surface area contributed by atoms with Crippen molar-refractivity contribution in [3.05, 3.63) is 24.3 Å². The number of hydrogen-bond donors (Lipinski definition) is 1. The second-order valence-corrected chi connectivity index (χ2v) is 19.2. The number of quaternary nitrogens is 1. The maximum absolute atomic E-state index is 12.8. The maximum Gasteiger partial charge on any atom is 0.362 e. The number of carbonyl (C=O) groups is 3. The van der Waals surface area contributed by atoms with Crippen LogP contribution < -0.4 is 0 Å². The molecule has 0 bridgehead atoms. The highest BCUT2D eigenvalue weighted by Gasteiger charge is 2.31. The molecular weight excluding hydrogens is 775 g/mol. The smallest absolute Gasteiger partial charge is 0.362 e. The summed E-state index contributed by atoms with van der Waals surface area (Å²) in [6.45, 7) is 4.75. The average molecular weight is 877 g/mol. The van der Waals surface area contributed by atoms with Crippen molar-refractivity contribution < 1.29 is 38.2 Å². The Morgan fingerprint density at radius 1 is 0.484 bits per heavy atom. The Morgan fingerprint density at radius 2 is 0.839 bits per heavy atom. The highest BCUT2D eigenvalue weighted by Crippen LogP contribution is 2.17. The van der Waals surface area contributed by atoms with Crippen LogP contribution >= 0.6 is 0 Å². The Kier molecular flexibility index (Phi) is 43.8. The van der Waals surface area contributed by atoms with Gasteiger partial charge >= 0.3 is 17.9 Å². The molecule has 8 heteroatoms. The first-order chi connectivity index (χ1) is 30.1. The van der Waals surface area contributed by atoms with E-state index in [1.165, 1.54) is 167 Å². The monoisotopic (exact) mass is 877 g/mol. The van der Waals surface area contributed by atoms with E-state index >= 15 is 0 Å². The topological polar surface area (TPSA) is 99.1 Å². The van der Waals surface area contributed by atoms with Crippen LogP contribution in [0.25, 0.3) is 0 Å². The molecule has 1 N–H and O–H groups in total. The summed E-state index contributed by atoms with van der Waals surface area (Å²) in [4.78, 5) is 37.1. The van der Waals surface area contributed by atoms with E-state index in [2.05, 4.69) is 38.2 Å². The lowest BCUT2D eigenvalue weighted by atomic mass is 10.0. The summed E-state index contributed by atoms with van der Waals surface area (Å²) in [5, 5.41) is 9.65. The Bertz CT molecular complexity index is 1070. The van der Waals surface area contributed by atoms with Gasteiger partial charge in [-0.15, -0.1) is 0 Å². The third kappa shape index (κ3) is 43.1. The Morgan fingerprint density at radius 3 is 1.23 bits per heavy atom. The number of esters is 2. The van der Waals surface area contributed by atoms with Crippen molar-refractivity contribution >= 4 is 17.9 Å². The number of rotatable bonds is 48. The van der Waals surface area contributed by atoms with E-state index in [9.17, 15) is 19.5 Å². The van der Waals surface area contributed by atoms with E-state index in [1.54, 1.807) is 0 Å². The van der Waals surface area contributed by atoms with Gasteiger partial charge in [0.05, 0.1) is 34.4 Å². The second-order valence-electron chi connectivity index (χ2n) is 19.2.